The van der Waals surface area contributed by atoms with Crippen molar-refractivity contribution >= 4 is 32.8 Å². The van der Waals surface area contributed by atoms with Gasteiger partial charge in [0.05, 0.1) is 11.1 Å². The maximum Gasteiger partial charge on any atom is 0.230 e. The van der Waals surface area contributed by atoms with Crippen LogP contribution in [-0.2, 0) is 26.5 Å². The smallest absolute Gasteiger partial charge is 0.230 e. The van der Waals surface area contributed by atoms with Crippen molar-refractivity contribution in [2.75, 3.05) is 0 Å². The number of aromatic nitrogens is 2. The number of fused-ring (bicyclic) bond motifs is 3. The fraction of sp³-hybridized carbons (Fsp3) is 0.174. The largest absolute Gasteiger partial charge is 0.507 e. The summed E-state index contributed by atoms with van der Waals surface area (Å²) >= 11 is 0. The molecule has 2 aromatic heterocycles. The van der Waals surface area contributed by atoms with Gasteiger partial charge in [-0.25, -0.2) is 4.98 Å². The Morgan fingerprint density at radius 3 is 2.20 bits per heavy atom. The van der Waals surface area contributed by atoms with E-state index in [0.717, 1.165) is 55.2 Å². The Bertz CT molecular complexity index is 2590. The zero-order valence-electron chi connectivity index (χ0n) is 29.6. The quantitative estimate of drug-likeness (QED) is 0.175. The van der Waals surface area contributed by atoms with Crippen molar-refractivity contribution in [1.82, 2.24) is 9.97 Å². The van der Waals surface area contributed by atoms with Crippen LogP contribution >= 0.6 is 0 Å². The van der Waals surface area contributed by atoms with E-state index in [1.54, 1.807) is 6.07 Å². The number of oxazole rings is 1. The minimum atomic E-state index is -0.110. The summed E-state index contributed by atoms with van der Waals surface area (Å²) in [5.41, 5.74) is 12.3. The van der Waals surface area contributed by atoms with Gasteiger partial charge in [0.25, 0.3) is 0 Å². The number of aryl methyl sites for hydroxylation is 1. The van der Waals surface area contributed by atoms with Crippen LogP contribution in [0.2, 0.25) is 0 Å². The molecule has 51 heavy (non-hydrogen) atoms. The zero-order chi connectivity index (χ0) is 34.7. The normalized spacial score (nSPS) is 11.8. The molecule has 6 aromatic carbocycles. The van der Waals surface area contributed by atoms with Gasteiger partial charge in [-0.3, -0.25) is 4.98 Å². The summed E-state index contributed by atoms with van der Waals surface area (Å²) in [5.74, 6) is 0.875. The van der Waals surface area contributed by atoms with Gasteiger partial charge in [-0.1, -0.05) is 118 Å². The predicted octanol–water partition coefficient (Wildman–Crippen LogP) is 12.4. The van der Waals surface area contributed by atoms with Gasteiger partial charge in [-0.15, -0.1) is 35.4 Å². The van der Waals surface area contributed by atoms with Crippen LogP contribution in [0.25, 0.3) is 77.6 Å². The second kappa shape index (κ2) is 13.2. The Labute approximate surface area is 313 Å². The summed E-state index contributed by atoms with van der Waals surface area (Å²) in [4.78, 5) is 9.93. The van der Waals surface area contributed by atoms with E-state index in [1.807, 2.05) is 18.3 Å². The molecule has 0 amide bonds. The molecule has 0 spiro atoms. The number of aromatic hydroxyl groups is 1. The number of phenols is 1. The third kappa shape index (κ3) is 6.27. The summed E-state index contributed by atoms with van der Waals surface area (Å²) in [7, 11) is 0. The van der Waals surface area contributed by atoms with E-state index in [9.17, 15) is 5.11 Å². The average Bonchev–Trinajstić information content (AvgIpc) is 3.54. The van der Waals surface area contributed by atoms with Gasteiger partial charge in [-0.05, 0) is 80.9 Å². The molecule has 0 bridgehead atoms. The molecule has 5 heteroatoms. The van der Waals surface area contributed by atoms with Crippen LogP contribution in [-0.4, -0.2) is 15.1 Å². The summed E-state index contributed by atoms with van der Waals surface area (Å²) in [6, 6.07) is 41.4. The third-order valence-corrected chi connectivity index (χ3v) is 9.82. The minimum Gasteiger partial charge on any atom is -0.507 e. The van der Waals surface area contributed by atoms with E-state index in [2.05, 4.69) is 139 Å². The zero-order valence-corrected chi connectivity index (χ0v) is 31.9. The molecule has 8 rings (SSSR count). The molecule has 0 aliphatic rings. The fourth-order valence-corrected chi connectivity index (χ4v) is 6.89. The molecule has 2 heterocycles. The van der Waals surface area contributed by atoms with E-state index in [1.165, 1.54) is 16.5 Å². The Kier molecular flexibility index (Phi) is 8.94. The summed E-state index contributed by atoms with van der Waals surface area (Å²) in [5, 5.41) is 14.5. The van der Waals surface area contributed by atoms with Crippen LogP contribution in [0.3, 0.4) is 0 Å². The molecule has 0 fully saturated rings. The van der Waals surface area contributed by atoms with Crippen molar-refractivity contribution in [2.45, 2.75) is 52.9 Å². The summed E-state index contributed by atoms with van der Waals surface area (Å²) in [6.45, 7) is 13.1. The summed E-state index contributed by atoms with van der Waals surface area (Å²) in [6.07, 6.45) is 1.89. The first-order chi connectivity index (χ1) is 24.0. The van der Waals surface area contributed by atoms with Crippen molar-refractivity contribution in [3.63, 3.8) is 0 Å². The topological polar surface area (TPSA) is 59.2 Å². The van der Waals surface area contributed by atoms with Crippen molar-refractivity contribution in [2.24, 2.45) is 0 Å². The standard InChI is InChI=1S/C46H39N2O2.Pt/c1-27(2)32-22-37-28(3)19-20-47-43(37)38(23-32)30-13-9-14-31(21-30)39-24-33(36-16-10-12-29-11-7-8-15-35(29)36)25-42-44(39)48-45(50-42)40-26-34(46(4,5)6)17-18-41(40)49;/h7-20,22-27,49H,1-6H3;/q-1;. The van der Waals surface area contributed by atoms with Crippen LogP contribution in [0, 0.1) is 13.0 Å². The van der Waals surface area contributed by atoms with Gasteiger partial charge < -0.3 is 9.52 Å². The first kappa shape index (κ1) is 34.4. The number of hydrogen-bond acceptors (Lipinski definition) is 4. The molecule has 0 aliphatic carbocycles. The first-order valence-corrected chi connectivity index (χ1v) is 17.2. The van der Waals surface area contributed by atoms with E-state index in [0.29, 0.717) is 28.5 Å². The van der Waals surface area contributed by atoms with Crippen LogP contribution in [0.1, 0.15) is 57.2 Å². The van der Waals surface area contributed by atoms with Gasteiger partial charge in [0.15, 0.2) is 0 Å². The Morgan fingerprint density at radius 2 is 1.43 bits per heavy atom. The third-order valence-electron chi connectivity index (χ3n) is 9.82. The minimum absolute atomic E-state index is 0. The van der Waals surface area contributed by atoms with Crippen LogP contribution in [0.5, 0.6) is 5.75 Å². The second-order valence-corrected chi connectivity index (χ2v) is 14.6. The Balaban J connectivity index is 0.00000406. The van der Waals surface area contributed by atoms with Gasteiger partial charge in [-0.2, -0.15) is 0 Å². The predicted molar refractivity (Wildman–Crippen MR) is 207 cm³/mol. The first-order valence-electron chi connectivity index (χ1n) is 17.2. The van der Waals surface area contributed by atoms with E-state index >= 15 is 0 Å². The van der Waals surface area contributed by atoms with Crippen molar-refractivity contribution < 1.29 is 30.6 Å². The molecule has 8 aromatic rings. The molecular formula is C46H39N2O2Pt-. The van der Waals surface area contributed by atoms with Gasteiger partial charge >= 0.3 is 0 Å². The molecule has 1 N–H and O–H groups in total. The van der Waals surface area contributed by atoms with Crippen LogP contribution in [0.4, 0.5) is 0 Å². The van der Waals surface area contributed by atoms with Crippen LogP contribution in [0.15, 0.2) is 120 Å². The maximum atomic E-state index is 11.0. The molecule has 0 unspecified atom stereocenters. The maximum absolute atomic E-state index is 11.0. The van der Waals surface area contributed by atoms with Crippen molar-refractivity contribution in [3.05, 3.63) is 138 Å². The van der Waals surface area contributed by atoms with Crippen molar-refractivity contribution in [3.8, 4) is 50.6 Å². The van der Waals surface area contributed by atoms with Crippen LogP contribution < -0.4 is 0 Å². The number of benzene rings is 6. The summed E-state index contributed by atoms with van der Waals surface area (Å²) < 4.78 is 6.57. The molecule has 0 aliphatic heterocycles. The number of rotatable bonds is 5. The molecule has 4 nitrogen and oxygen atoms in total. The van der Waals surface area contributed by atoms with Gasteiger partial charge in [0.1, 0.15) is 11.3 Å². The van der Waals surface area contributed by atoms with E-state index in [-0.39, 0.29) is 32.2 Å². The molecular weight excluding hydrogens is 808 g/mol. The SMILES string of the molecule is Cc1ccnc2c(-c3[c-]c(-c4cc(-c5cccc6ccccc56)cc5oc(-c6cc(C(C)(C)C)ccc6O)nc45)ccc3)cc(C(C)C)cc12.[Pt]. The fourth-order valence-electron chi connectivity index (χ4n) is 6.89. The molecule has 0 saturated heterocycles. The van der Waals surface area contributed by atoms with Gasteiger partial charge in [0.2, 0.25) is 5.89 Å². The van der Waals surface area contributed by atoms with E-state index in [4.69, 9.17) is 14.4 Å². The van der Waals surface area contributed by atoms with Crippen molar-refractivity contribution in [1.29, 1.82) is 0 Å². The monoisotopic (exact) mass is 846 g/mol. The molecule has 0 atom stereocenters. The van der Waals surface area contributed by atoms with Gasteiger partial charge in [0, 0.05) is 32.8 Å². The molecule has 0 radical (unpaired) electrons. The number of nitrogens with zero attached hydrogens (tertiary/aromatic N) is 2. The average molecular weight is 847 g/mol. The Hall–Kier alpha value is -5.05. The number of hydrogen-bond donors (Lipinski definition) is 1. The number of pyridine rings is 1. The van der Waals surface area contributed by atoms with E-state index < -0.39 is 0 Å². The number of phenolic OH excluding ortho intramolecular Hbond substituents is 1. The Morgan fingerprint density at radius 1 is 0.706 bits per heavy atom. The molecule has 0 saturated carbocycles. The second-order valence-electron chi connectivity index (χ2n) is 14.6. The molecule has 256 valence electrons.